The number of nitrogens with zero attached hydrogens (tertiary/aromatic N) is 4. The first-order valence-electron chi connectivity index (χ1n) is 15.4. The van der Waals surface area contributed by atoms with Crippen molar-refractivity contribution in [3.05, 3.63) is 158 Å². The summed E-state index contributed by atoms with van der Waals surface area (Å²) in [5.74, 6) is 0. The zero-order chi connectivity index (χ0) is 30.5. The van der Waals surface area contributed by atoms with Gasteiger partial charge in [0.25, 0.3) is 0 Å². The standard InChI is InChI=1S/C42H26N4/c1-3-11-27(12-4-1)33-25-39(37-23-19-29-15-7-9-17-35(29)43-37)45-41-31(33)21-22-32-34(28-13-5-2-6-14-28)26-40(46-42(32)41)38-24-20-30-16-8-10-18-36(30)44-38/h1-26H. The van der Waals surface area contributed by atoms with Crippen molar-refractivity contribution in [1.29, 1.82) is 0 Å². The maximum atomic E-state index is 5.34. The molecule has 4 nitrogen and oxygen atoms in total. The maximum Gasteiger partial charge on any atom is 0.0979 e. The highest BCUT2D eigenvalue weighted by Crippen LogP contribution is 2.39. The summed E-state index contributed by atoms with van der Waals surface area (Å²) in [5, 5.41) is 4.28. The number of hydrogen-bond donors (Lipinski definition) is 0. The number of hydrogen-bond acceptors (Lipinski definition) is 4. The fraction of sp³-hybridized carbons (Fsp3) is 0. The lowest BCUT2D eigenvalue weighted by molar-refractivity contribution is 1.30. The largest absolute Gasteiger partial charge is 0.246 e. The van der Waals surface area contributed by atoms with Crippen LogP contribution < -0.4 is 0 Å². The third-order valence-electron chi connectivity index (χ3n) is 8.65. The minimum absolute atomic E-state index is 0.807. The van der Waals surface area contributed by atoms with Crippen LogP contribution in [0.1, 0.15) is 0 Å². The predicted molar refractivity (Wildman–Crippen MR) is 189 cm³/mol. The first-order chi connectivity index (χ1) is 22.8. The molecule has 0 amide bonds. The lowest BCUT2D eigenvalue weighted by atomic mass is 9.94. The molecule has 0 spiro atoms. The molecule has 0 unspecified atom stereocenters. The van der Waals surface area contributed by atoms with Gasteiger partial charge >= 0.3 is 0 Å². The molecule has 46 heavy (non-hydrogen) atoms. The van der Waals surface area contributed by atoms with Crippen LogP contribution in [0, 0.1) is 0 Å². The number of aromatic nitrogens is 4. The van der Waals surface area contributed by atoms with E-state index in [4.69, 9.17) is 19.9 Å². The molecule has 9 aromatic rings. The Hall–Kier alpha value is -6.26. The number of pyridine rings is 4. The van der Waals surface area contributed by atoms with Crippen LogP contribution in [0.3, 0.4) is 0 Å². The second-order valence-corrected chi connectivity index (χ2v) is 11.5. The molecule has 4 aromatic heterocycles. The summed E-state index contributed by atoms with van der Waals surface area (Å²) in [6, 6.07) is 54.4. The van der Waals surface area contributed by atoms with Crippen LogP contribution in [0.5, 0.6) is 0 Å². The summed E-state index contributed by atoms with van der Waals surface area (Å²) in [6.07, 6.45) is 0. The minimum Gasteiger partial charge on any atom is -0.246 e. The molecule has 5 aromatic carbocycles. The van der Waals surface area contributed by atoms with Crippen LogP contribution >= 0.6 is 0 Å². The molecule has 214 valence electrons. The normalized spacial score (nSPS) is 11.5. The van der Waals surface area contributed by atoms with E-state index in [0.717, 1.165) is 88.6 Å². The molecule has 0 saturated carbocycles. The molecule has 9 rings (SSSR count). The van der Waals surface area contributed by atoms with E-state index >= 15 is 0 Å². The van der Waals surface area contributed by atoms with Crippen LogP contribution in [0.4, 0.5) is 0 Å². The van der Waals surface area contributed by atoms with E-state index in [1.807, 2.05) is 48.5 Å². The van der Waals surface area contributed by atoms with E-state index in [9.17, 15) is 0 Å². The zero-order valence-corrected chi connectivity index (χ0v) is 24.8. The smallest absolute Gasteiger partial charge is 0.0979 e. The van der Waals surface area contributed by atoms with Gasteiger partial charge in [-0.2, -0.15) is 0 Å². The van der Waals surface area contributed by atoms with Gasteiger partial charge in [-0.15, -0.1) is 0 Å². The van der Waals surface area contributed by atoms with Crippen molar-refractivity contribution in [2.75, 3.05) is 0 Å². The summed E-state index contributed by atoms with van der Waals surface area (Å²) >= 11 is 0. The molecule has 4 heterocycles. The Labute approximate surface area is 265 Å². The highest BCUT2D eigenvalue weighted by molar-refractivity contribution is 6.13. The topological polar surface area (TPSA) is 51.6 Å². The second kappa shape index (κ2) is 10.7. The van der Waals surface area contributed by atoms with Crippen LogP contribution in [0.25, 0.3) is 88.6 Å². The van der Waals surface area contributed by atoms with Crippen molar-refractivity contribution in [3.8, 4) is 45.0 Å². The molecule has 4 heteroatoms. The molecule has 0 fully saturated rings. The summed E-state index contributed by atoms with van der Waals surface area (Å²) in [6.45, 7) is 0. The van der Waals surface area contributed by atoms with E-state index in [2.05, 4.69) is 109 Å². The number of benzene rings is 5. The van der Waals surface area contributed by atoms with E-state index in [1.165, 1.54) is 0 Å². The van der Waals surface area contributed by atoms with Crippen molar-refractivity contribution in [1.82, 2.24) is 19.9 Å². The Morgan fingerprint density at radius 1 is 0.304 bits per heavy atom. The fourth-order valence-corrected chi connectivity index (χ4v) is 6.37. The monoisotopic (exact) mass is 586 g/mol. The lowest BCUT2D eigenvalue weighted by Gasteiger charge is -2.15. The maximum absolute atomic E-state index is 5.34. The molecule has 0 saturated heterocycles. The highest BCUT2D eigenvalue weighted by Gasteiger charge is 2.18. The van der Waals surface area contributed by atoms with Gasteiger partial charge in [-0.05, 0) is 58.7 Å². The number of para-hydroxylation sites is 2. The van der Waals surface area contributed by atoms with Gasteiger partial charge < -0.3 is 0 Å². The van der Waals surface area contributed by atoms with Crippen molar-refractivity contribution >= 4 is 43.6 Å². The van der Waals surface area contributed by atoms with Crippen molar-refractivity contribution in [2.45, 2.75) is 0 Å². The number of fused-ring (bicyclic) bond motifs is 5. The Morgan fingerprint density at radius 2 is 0.717 bits per heavy atom. The van der Waals surface area contributed by atoms with E-state index in [-0.39, 0.29) is 0 Å². The Bertz CT molecular complexity index is 2400. The highest BCUT2D eigenvalue weighted by atomic mass is 14.8. The predicted octanol–water partition coefficient (Wildman–Crippen LogP) is 10.5. The molecule has 0 aliphatic rings. The lowest BCUT2D eigenvalue weighted by Crippen LogP contribution is -1.97. The van der Waals surface area contributed by atoms with Crippen molar-refractivity contribution in [2.24, 2.45) is 0 Å². The first-order valence-corrected chi connectivity index (χ1v) is 15.4. The molecule has 0 radical (unpaired) electrons. The van der Waals surface area contributed by atoms with Crippen LogP contribution in [0.2, 0.25) is 0 Å². The SMILES string of the molecule is c1ccc(-c2cc(-c3ccc4ccccc4n3)nc3c2ccc2c(-c4ccccc4)cc(-c4ccc5ccccc5n4)nc23)cc1. The van der Waals surface area contributed by atoms with Crippen LogP contribution in [-0.2, 0) is 0 Å². The van der Waals surface area contributed by atoms with Gasteiger partial charge in [0.2, 0.25) is 0 Å². The average molecular weight is 587 g/mol. The molecule has 0 atom stereocenters. The third kappa shape index (κ3) is 4.47. The Morgan fingerprint density at radius 3 is 1.17 bits per heavy atom. The molecule has 0 aliphatic heterocycles. The quantitative estimate of drug-likeness (QED) is 0.193. The number of rotatable bonds is 4. The third-order valence-corrected chi connectivity index (χ3v) is 8.65. The van der Waals surface area contributed by atoms with E-state index < -0.39 is 0 Å². The van der Waals surface area contributed by atoms with Crippen LogP contribution in [-0.4, -0.2) is 19.9 Å². The summed E-state index contributed by atoms with van der Waals surface area (Å²) in [7, 11) is 0. The summed E-state index contributed by atoms with van der Waals surface area (Å²) in [5.41, 5.74) is 11.2. The van der Waals surface area contributed by atoms with E-state index in [0.29, 0.717) is 0 Å². The zero-order valence-electron chi connectivity index (χ0n) is 24.8. The minimum atomic E-state index is 0.807. The Balaban J connectivity index is 1.38. The summed E-state index contributed by atoms with van der Waals surface area (Å²) < 4.78 is 0. The van der Waals surface area contributed by atoms with Gasteiger partial charge in [0, 0.05) is 21.5 Å². The fourth-order valence-electron chi connectivity index (χ4n) is 6.37. The molecular formula is C42H26N4. The Kier molecular flexibility index (Phi) is 6.10. The molecule has 0 N–H and O–H groups in total. The van der Waals surface area contributed by atoms with Gasteiger partial charge in [-0.3, -0.25) is 0 Å². The van der Waals surface area contributed by atoms with Crippen molar-refractivity contribution < 1.29 is 0 Å². The van der Waals surface area contributed by atoms with Gasteiger partial charge in [-0.1, -0.05) is 121 Å². The second-order valence-electron chi connectivity index (χ2n) is 11.5. The van der Waals surface area contributed by atoms with E-state index in [1.54, 1.807) is 0 Å². The van der Waals surface area contributed by atoms with Gasteiger partial charge in [0.1, 0.15) is 0 Å². The van der Waals surface area contributed by atoms with Crippen LogP contribution in [0.15, 0.2) is 158 Å². The molecular weight excluding hydrogens is 560 g/mol. The summed E-state index contributed by atoms with van der Waals surface area (Å²) in [4.78, 5) is 20.7. The first kappa shape index (κ1) is 26.2. The van der Waals surface area contributed by atoms with Gasteiger partial charge in [0.05, 0.1) is 44.8 Å². The average Bonchev–Trinajstić information content (AvgIpc) is 3.14. The molecule has 0 bridgehead atoms. The van der Waals surface area contributed by atoms with Gasteiger partial charge in [0.15, 0.2) is 0 Å². The molecule has 0 aliphatic carbocycles. The van der Waals surface area contributed by atoms with Crippen molar-refractivity contribution in [3.63, 3.8) is 0 Å². The van der Waals surface area contributed by atoms with Gasteiger partial charge in [-0.25, -0.2) is 19.9 Å².